The molecule has 8 nitrogen and oxygen atoms in total. The van der Waals surface area contributed by atoms with Crippen LogP contribution in [0.25, 0.3) is 0 Å². The van der Waals surface area contributed by atoms with Crippen molar-refractivity contribution in [3.63, 3.8) is 0 Å². The summed E-state index contributed by atoms with van der Waals surface area (Å²) in [5.74, 6) is -1.22. The largest absolute Gasteiger partial charge is 0.385 e. The maximum atomic E-state index is 14.0. The van der Waals surface area contributed by atoms with Gasteiger partial charge in [-0.3, -0.25) is 14.4 Å². The van der Waals surface area contributed by atoms with Gasteiger partial charge in [-0.15, -0.1) is 11.8 Å². The van der Waals surface area contributed by atoms with Crippen LogP contribution in [-0.4, -0.2) is 72.9 Å². The maximum Gasteiger partial charge on any atom is 0.246 e. The van der Waals surface area contributed by atoms with E-state index in [1.165, 1.54) is 0 Å². The van der Waals surface area contributed by atoms with Gasteiger partial charge in [-0.2, -0.15) is 0 Å². The van der Waals surface area contributed by atoms with Gasteiger partial charge in [-0.1, -0.05) is 44.9 Å². The number of anilines is 1. The van der Waals surface area contributed by atoms with Crippen LogP contribution in [0.1, 0.15) is 39.5 Å². The first kappa shape index (κ1) is 27.2. The Morgan fingerprint density at radius 2 is 2.05 bits per heavy atom. The van der Waals surface area contributed by atoms with E-state index in [1.807, 2.05) is 42.7 Å². The molecule has 1 spiro atoms. The number of fused-ring (bicyclic) bond motifs is 1. The highest BCUT2D eigenvalue weighted by atomic mass is 32.2. The van der Waals surface area contributed by atoms with E-state index in [9.17, 15) is 14.4 Å². The molecule has 0 unspecified atom stereocenters. The molecule has 1 aromatic carbocycles. The Morgan fingerprint density at radius 3 is 2.82 bits per heavy atom. The van der Waals surface area contributed by atoms with Crippen molar-refractivity contribution in [2.24, 2.45) is 23.7 Å². The minimum atomic E-state index is -1.15. The number of rotatable bonds is 9. The molecule has 206 valence electrons. The van der Waals surface area contributed by atoms with Crippen molar-refractivity contribution in [3.05, 3.63) is 36.4 Å². The molecule has 38 heavy (non-hydrogen) atoms. The van der Waals surface area contributed by atoms with Crippen LogP contribution >= 0.6 is 11.8 Å². The minimum absolute atomic E-state index is 0.0583. The van der Waals surface area contributed by atoms with Gasteiger partial charge in [0.1, 0.15) is 11.6 Å². The van der Waals surface area contributed by atoms with Gasteiger partial charge in [0, 0.05) is 36.9 Å². The van der Waals surface area contributed by atoms with Gasteiger partial charge < -0.3 is 25.0 Å². The molecule has 3 heterocycles. The standard InChI is InChI=1S/C29H39N3O5S/c1-17-8-5-11-21(18(17)2)31-27(34)25-29-13-12-22(37-29)23(24(29)28(35)32(25)14-7-15-36-3)26(33)30-19-9-6-10-20(16-19)38-4/h6,9-10,12-13,16-18,21-25H,5,7-8,11,14-15H2,1-4H3,(H,30,33)(H,31,34)/t17-,18+,21-,22+,23-,24+,25+,29+/m1/s1. The Hall–Kier alpha value is -2.36. The van der Waals surface area contributed by atoms with E-state index in [0.29, 0.717) is 37.1 Å². The lowest BCUT2D eigenvalue weighted by atomic mass is 9.73. The highest BCUT2D eigenvalue weighted by Gasteiger charge is 2.72. The summed E-state index contributed by atoms with van der Waals surface area (Å²) in [5, 5.41) is 6.29. The van der Waals surface area contributed by atoms with Crippen molar-refractivity contribution in [3.8, 4) is 0 Å². The van der Waals surface area contributed by atoms with Gasteiger partial charge in [0.15, 0.2) is 0 Å². The van der Waals surface area contributed by atoms with Gasteiger partial charge in [0.25, 0.3) is 0 Å². The van der Waals surface area contributed by atoms with Crippen LogP contribution in [-0.2, 0) is 23.9 Å². The topological polar surface area (TPSA) is 97.0 Å². The second-order valence-corrected chi connectivity index (χ2v) is 12.1. The van der Waals surface area contributed by atoms with Gasteiger partial charge in [-0.05, 0) is 49.1 Å². The molecule has 3 amide bonds. The average molecular weight is 542 g/mol. The number of nitrogens with one attached hydrogen (secondary N) is 2. The van der Waals surface area contributed by atoms with Crippen LogP contribution in [0, 0.1) is 23.7 Å². The Labute approximate surface area is 229 Å². The molecule has 1 aliphatic carbocycles. The molecular formula is C29H39N3O5S. The number of ether oxygens (including phenoxy) is 2. The first-order valence-electron chi connectivity index (χ1n) is 13.7. The lowest BCUT2D eigenvalue weighted by Crippen LogP contribution is -2.58. The number of carbonyl (C=O) groups excluding carboxylic acids is 3. The Bertz CT molecular complexity index is 1110. The normalized spacial score (nSPS) is 35.4. The van der Waals surface area contributed by atoms with E-state index in [1.54, 1.807) is 23.8 Å². The smallest absolute Gasteiger partial charge is 0.246 e. The highest BCUT2D eigenvalue weighted by molar-refractivity contribution is 7.98. The van der Waals surface area contributed by atoms with E-state index in [0.717, 1.165) is 24.2 Å². The van der Waals surface area contributed by atoms with Crippen molar-refractivity contribution in [1.29, 1.82) is 0 Å². The van der Waals surface area contributed by atoms with Gasteiger partial charge in [0.2, 0.25) is 17.7 Å². The van der Waals surface area contributed by atoms with Gasteiger partial charge >= 0.3 is 0 Å². The van der Waals surface area contributed by atoms with Gasteiger partial charge in [-0.25, -0.2) is 0 Å². The van der Waals surface area contributed by atoms with E-state index in [2.05, 4.69) is 24.5 Å². The number of hydrogen-bond acceptors (Lipinski definition) is 6. The fraction of sp³-hybridized carbons (Fsp3) is 0.621. The van der Waals surface area contributed by atoms with E-state index in [-0.39, 0.29) is 23.8 Å². The summed E-state index contributed by atoms with van der Waals surface area (Å²) >= 11 is 1.59. The summed E-state index contributed by atoms with van der Waals surface area (Å²) in [6, 6.07) is 6.87. The van der Waals surface area contributed by atoms with E-state index < -0.39 is 29.6 Å². The summed E-state index contributed by atoms with van der Waals surface area (Å²) < 4.78 is 11.7. The molecular weight excluding hydrogens is 502 g/mol. The number of hydrogen-bond donors (Lipinski definition) is 2. The third kappa shape index (κ3) is 4.67. The third-order valence-electron chi connectivity index (χ3n) is 9.04. The summed E-state index contributed by atoms with van der Waals surface area (Å²) in [6.07, 6.45) is 8.92. The molecule has 1 aromatic rings. The SMILES string of the molecule is COCCCN1C(=O)[C@@H]2[C@H](C(=O)Nc3cccc(SC)c3)[C@@H]3C=C[C@@]2(O3)[C@@H]1C(=O)N[C@@H]1CCC[C@@H](C)[C@@H]1C. The number of thioether (sulfide) groups is 1. The lowest BCUT2D eigenvalue weighted by molar-refractivity contribution is -0.141. The molecule has 2 bridgehead atoms. The molecule has 3 aliphatic heterocycles. The fourth-order valence-electron chi connectivity index (χ4n) is 6.86. The van der Waals surface area contributed by atoms with Crippen LogP contribution in [0.3, 0.4) is 0 Å². The Morgan fingerprint density at radius 1 is 1.24 bits per heavy atom. The number of nitrogens with zero attached hydrogens (tertiary/aromatic N) is 1. The van der Waals surface area contributed by atoms with Crippen LogP contribution in [0.4, 0.5) is 5.69 Å². The predicted octanol–water partition coefficient (Wildman–Crippen LogP) is 3.48. The average Bonchev–Trinajstić information content (AvgIpc) is 3.54. The maximum absolute atomic E-state index is 14.0. The molecule has 5 rings (SSSR count). The Balaban J connectivity index is 1.42. The van der Waals surface area contributed by atoms with E-state index in [4.69, 9.17) is 9.47 Å². The van der Waals surface area contributed by atoms with Crippen LogP contribution < -0.4 is 10.6 Å². The molecule has 0 radical (unpaired) electrons. The molecule has 2 saturated heterocycles. The number of amides is 3. The first-order valence-corrected chi connectivity index (χ1v) is 14.9. The molecule has 1 saturated carbocycles. The number of benzene rings is 1. The van der Waals surface area contributed by atoms with Crippen molar-refractivity contribution in [2.75, 3.05) is 31.8 Å². The summed E-state index contributed by atoms with van der Waals surface area (Å²) in [4.78, 5) is 44.2. The zero-order valence-corrected chi connectivity index (χ0v) is 23.5. The molecule has 9 heteroatoms. The molecule has 3 fully saturated rings. The quantitative estimate of drug-likeness (QED) is 0.282. The zero-order valence-electron chi connectivity index (χ0n) is 22.6. The molecule has 2 N–H and O–H groups in total. The molecule has 0 aromatic heterocycles. The number of likely N-dealkylation sites (tertiary alicyclic amines) is 1. The third-order valence-corrected chi connectivity index (χ3v) is 9.77. The highest BCUT2D eigenvalue weighted by Crippen LogP contribution is 2.55. The number of methoxy groups -OCH3 is 1. The second-order valence-electron chi connectivity index (χ2n) is 11.2. The number of carbonyl (C=O) groups is 3. The molecule has 4 aliphatic rings. The second kappa shape index (κ2) is 11.0. The fourth-order valence-corrected chi connectivity index (χ4v) is 7.32. The van der Waals surface area contributed by atoms with Crippen LogP contribution in [0.15, 0.2) is 41.3 Å². The summed E-state index contributed by atoms with van der Waals surface area (Å²) in [6.45, 7) is 5.26. The zero-order chi connectivity index (χ0) is 27.0. The van der Waals surface area contributed by atoms with Crippen molar-refractivity contribution < 1.29 is 23.9 Å². The monoisotopic (exact) mass is 541 g/mol. The lowest BCUT2D eigenvalue weighted by Gasteiger charge is -2.38. The minimum Gasteiger partial charge on any atom is -0.385 e. The van der Waals surface area contributed by atoms with Crippen molar-refractivity contribution in [1.82, 2.24) is 10.2 Å². The summed E-state index contributed by atoms with van der Waals surface area (Å²) in [7, 11) is 1.62. The van der Waals surface area contributed by atoms with Gasteiger partial charge in [0.05, 0.1) is 17.9 Å². The Kier molecular flexibility index (Phi) is 7.89. The molecule has 8 atom stereocenters. The van der Waals surface area contributed by atoms with Crippen LogP contribution in [0.2, 0.25) is 0 Å². The van der Waals surface area contributed by atoms with Crippen molar-refractivity contribution in [2.45, 2.75) is 68.2 Å². The van der Waals surface area contributed by atoms with Crippen LogP contribution in [0.5, 0.6) is 0 Å². The summed E-state index contributed by atoms with van der Waals surface area (Å²) in [5.41, 5.74) is -0.467. The first-order chi connectivity index (χ1) is 18.3. The predicted molar refractivity (Wildman–Crippen MR) is 147 cm³/mol. The van der Waals surface area contributed by atoms with Crippen molar-refractivity contribution >= 4 is 35.2 Å². The van der Waals surface area contributed by atoms with E-state index >= 15 is 0 Å².